The summed E-state index contributed by atoms with van der Waals surface area (Å²) in [5, 5.41) is 15.8. The summed E-state index contributed by atoms with van der Waals surface area (Å²) in [5.41, 5.74) is 3.15. The number of amides is 4. The van der Waals surface area contributed by atoms with Crippen LogP contribution in [0.25, 0.3) is 44.2 Å². The number of aliphatic hydroxyl groups is 1. The molecular formula is C43H51F3N8O6Si. The first-order valence-corrected chi connectivity index (χ1v) is 23.7. The lowest BCUT2D eigenvalue weighted by Gasteiger charge is -2.30. The van der Waals surface area contributed by atoms with Gasteiger partial charge in [-0.2, -0.15) is 0 Å². The number of carbonyl (C=O) groups excluding carboxylic acids is 4. The minimum Gasteiger partial charge on any atom is -0.453 e. The average Bonchev–Trinajstić information content (AvgIpc) is 4.01. The van der Waals surface area contributed by atoms with E-state index in [9.17, 15) is 33.1 Å². The van der Waals surface area contributed by atoms with Crippen molar-refractivity contribution in [2.45, 2.75) is 83.3 Å². The fourth-order valence-electron chi connectivity index (χ4n) is 8.54. The maximum Gasteiger partial charge on any atom is 0.407 e. The molecule has 324 valence electrons. The first kappa shape index (κ1) is 43.3. The number of hydrogen-bond acceptors (Lipinski definition) is 8. The maximum atomic E-state index is 16.0. The van der Waals surface area contributed by atoms with E-state index < -0.39 is 81.3 Å². The van der Waals surface area contributed by atoms with Gasteiger partial charge in [0, 0.05) is 29.1 Å². The molecule has 4 heterocycles. The molecule has 61 heavy (non-hydrogen) atoms. The summed E-state index contributed by atoms with van der Waals surface area (Å²) in [6.07, 6.45) is 0.877. The van der Waals surface area contributed by atoms with Crippen molar-refractivity contribution in [2.24, 2.45) is 11.8 Å². The summed E-state index contributed by atoms with van der Waals surface area (Å²) in [6, 6.07) is 11.3. The Labute approximate surface area is 351 Å². The smallest absolute Gasteiger partial charge is 0.407 e. The molecule has 0 aliphatic carbocycles. The van der Waals surface area contributed by atoms with Crippen molar-refractivity contribution in [3.8, 4) is 22.4 Å². The summed E-state index contributed by atoms with van der Waals surface area (Å²) in [6.45, 7) is 9.79. The van der Waals surface area contributed by atoms with Crippen LogP contribution in [0.2, 0.25) is 19.1 Å². The van der Waals surface area contributed by atoms with Gasteiger partial charge in [0.15, 0.2) is 0 Å². The molecule has 2 aliphatic heterocycles. The minimum atomic E-state index is -3.20. The number of likely N-dealkylation sites (tertiary alicyclic amines) is 1. The molecule has 2 unspecified atom stereocenters. The number of halogens is 3. The number of rotatable bonds is 11. The summed E-state index contributed by atoms with van der Waals surface area (Å²) < 4.78 is 50.7. The lowest BCUT2D eigenvalue weighted by Crippen LogP contribution is -2.52. The molecule has 3 aromatic carbocycles. The first-order chi connectivity index (χ1) is 28.8. The zero-order chi connectivity index (χ0) is 44.1. The number of aliphatic hydroxyl groups excluding tert-OH is 1. The van der Waals surface area contributed by atoms with Gasteiger partial charge in [0.05, 0.1) is 56.7 Å². The highest BCUT2D eigenvalue weighted by molar-refractivity contribution is 6.78. The minimum absolute atomic E-state index is 0.171. The first-order valence-electron chi connectivity index (χ1n) is 20.3. The number of alkyl carbamates (subject to hydrolysis) is 1. The molecule has 18 heteroatoms. The third kappa shape index (κ3) is 8.73. The monoisotopic (exact) mass is 860 g/mol. The largest absolute Gasteiger partial charge is 0.453 e. The van der Waals surface area contributed by atoms with Crippen LogP contribution < -0.4 is 10.6 Å². The van der Waals surface area contributed by atoms with Crippen molar-refractivity contribution in [2.75, 3.05) is 26.4 Å². The number of carbonyl (C=O) groups is 4. The SMILES string of the molecule is COC(=O)N[C@H](C(=O)N1C[Si](C)(C)CC1c1ncc(-c2ccc(-c3ccc4c(ccc5[nH]c([C@@H]6CC(F)(F)CN6C(=O)C(NC(=O)CO)C(C)C)nc54)c3)c(F)c2)[nH]1)C(C)C. The molecule has 14 nitrogen and oxygen atoms in total. The summed E-state index contributed by atoms with van der Waals surface area (Å²) in [5.74, 6) is -5.22. The van der Waals surface area contributed by atoms with E-state index in [0.717, 1.165) is 16.3 Å². The number of imidazole rings is 2. The van der Waals surface area contributed by atoms with Crippen LogP contribution in [0.3, 0.4) is 0 Å². The molecule has 0 radical (unpaired) electrons. The van der Waals surface area contributed by atoms with E-state index in [1.54, 1.807) is 55.3 Å². The van der Waals surface area contributed by atoms with E-state index in [2.05, 4.69) is 38.7 Å². The van der Waals surface area contributed by atoms with Crippen LogP contribution in [0.1, 0.15) is 57.8 Å². The zero-order valence-corrected chi connectivity index (χ0v) is 36.1. The third-order valence-electron chi connectivity index (χ3n) is 11.6. The highest BCUT2D eigenvalue weighted by Crippen LogP contribution is 2.42. The molecule has 4 amide bonds. The Morgan fingerprint density at radius 2 is 1.61 bits per heavy atom. The molecule has 0 saturated carbocycles. The van der Waals surface area contributed by atoms with Crippen molar-refractivity contribution in [3.63, 3.8) is 0 Å². The van der Waals surface area contributed by atoms with Gasteiger partial charge in [-0.3, -0.25) is 14.4 Å². The van der Waals surface area contributed by atoms with Crippen molar-refractivity contribution < 1.29 is 42.2 Å². The predicted molar refractivity (Wildman–Crippen MR) is 225 cm³/mol. The topological polar surface area (TPSA) is 186 Å². The molecule has 2 aliphatic rings. The highest BCUT2D eigenvalue weighted by atomic mass is 28.3. The van der Waals surface area contributed by atoms with Gasteiger partial charge in [-0.1, -0.05) is 71.1 Å². The van der Waals surface area contributed by atoms with Gasteiger partial charge < -0.3 is 40.2 Å². The molecular weight excluding hydrogens is 810 g/mol. The normalized spacial score (nSPS) is 19.5. The van der Waals surface area contributed by atoms with Crippen molar-refractivity contribution in [1.29, 1.82) is 0 Å². The van der Waals surface area contributed by atoms with Gasteiger partial charge >= 0.3 is 6.09 Å². The summed E-state index contributed by atoms with van der Waals surface area (Å²) in [7, 11) is -0.599. The van der Waals surface area contributed by atoms with Crippen LogP contribution in [-0.2, 0) is 19.1 Å². The fraction of sp³-hybridized carbons (Fsp3) is 0.442. The van der Waals surface area contributed by atoms with Crippen LogP contribution in [0, 0.1) is 17.7 Å². The van der Waals surface area contributed by atoms with Crippen LogP contribution in [-0.4, -0.2) is 111 Å². The van der Waals surface area contributed by atoms with E-state index in [4.69, 9.17) is 9.72 Å². The lowest BCUT2D eigenvalue weighted by atomic mass is 9.98. The Balaban J connectivity index is 1.13. The lowest BCUT2D eigenvalue weighted by molar-refractivity contribution is -0.140. The number of aromatic amines is 2. The molecule has 2 fully saturated rings. The number of alkyl halides is 2. The van der Waals surface area contributed by atoms with Crippen LogP contribution in [0.15, 0.2) is 54.7 Å². The molecule has 2 saturated heterocycles. The van der Waals surface area contributed by atoms with Crippen LogP contribution in [0.5, 0.6) is 0 Å². The third-order valence-corrected chi connectivity index (χ3v) is 14.3. The van der Waals surface area contributed by atoms with Crippen molar-refractivity contribution in [3.05, 3.63) is 72.2 Å². The van der Waals surface area contributed by atoms with E-state index in [0.29, 0.717) is 50.8 Å². The average molecular weight is 861 g/mol. The fourth-order valence-corrected chi connectivity index (χ4v) is 11.4. The van der Waals surface area contributed by atoms with Crippen molar-refractivity contribution >= 4 is 53.7 Å². The van der Waals surface area contributed by atoms with E-state index in [-0.39, 0.29) is 23.7 Å². The van der Waals surface area contributed by atoms with Crippen LogP contribution in [0.4, 0.5) is 18.0 Å². The Morgan fingerprint density at radius 1 is 0.918 bits per heavy atom. The predicted octanol–water partition coefficient (Wildman–Crippen LogP) is 6.47. The summed E-state index contributed by atoms with van der Waals surface area (Å²) in [4.78, 5) is 70.2. The van der Waals surface area contributed by atoms with Gasteiger partial charge in [0.25, 0.3) is 5.92 Å². The number of benzene rings is 3. The van der Waals surface area contributed by atoms with Gasteiger partial charge in [0.1, 0.15) is 36.2 Å². The number of H-pyrrole nitrogens is 2. The second-order valence-corrected chi connectivity index (χ2v) is 22.6. The number of nitrogens with one attached hydrogen (secondary N) is 4. The van der Waals surface area contributed by atoms with Crippen LogP contribution >= 0.6 is 0 Å². The van der Waals surface area contributed by atoms with Crippen molar-refractivity contribution in [1.82, 2.24) is 40.4 Å². The molecule has 2 aromatic heterocycles. The zero-order valence-electron chi connectivity index (χ0n) is 35.1. The molecule has 4 atom stereocenters. The van der Waals surface area contributed by atoms with E-state index in [1.165, 1.54) is 13.2 Å². The standard InChI is InChI=1S/C43H51F3N8O6Si/c1-22(2)35(50-34(56)18-55)40(57)53-20-43(45,46)16-32(53)39-48-30-13-10-25-14-24(8-12-28(25)37(30)51-39)27-11-9-26(15-29(27)44)31-17-47-38(49-31)33-19-61(6,7)21-54(33)41(58)36(23(3)4)52-42(59)60-5/h8-15,17,22-23,32-33,35-36,55H,16,18-21H2,1-7H3,(H,47,49)(H,48,51)(H,50,56)(H,52,59)/t32-,33?,35?,36-/m0/s1. The Kier molecular flexibility index (Phi) is 11.8. The van der Waals surface area contributed by atoms with Gasteiger partial charge in [-0.25, -0.2) is 27.9 Å². The molecule has 7 rings (SSSR count). The summed E-state index contributed by atoms with van der Waals surface area (Å²) >= 11 is 0. The molecule has 5 N–H and O–H groups in total. The second-order valence-electron chi connectivity index (χ2n) is 17.6. The Bertz CT molecular complexity index is 2510. The number of nitrogens with zero attached hydrogens (tertiary/aromatic N) is 4. The second kappa shape index (κ2) is 16.6. The molecule has 0 spiro atoms. The van der Waals surface area contributed by atoms with E-state index >= 15 is 4.39 Å². The number of hydrogen-bond donors (Lipinski definition) is 5. The number of aromatic nitrogens is 4. The molecule has 0 bridgehead atoms. The maximum absolute atomic E-state index is 16.0. The highest BCUT2D eigenvalue weighted by Gasteiger charge is 2.50. The number of ether oxygens (including phenoxy) is 1. The van der Waals surface area contributed by atoms with E-state index in [1.807, 2.05) is 26.0 Å². The quantitative estimate of drug-likeness (QED) is 0.0937. The number of methoxy groups -OCH3 is 1. The Hall–Kier alpha value is -5.75. The molecule has 5 aromatic rings. The Morgan fingerprint density at radius 3 is 2.28 bits per heavy atom. The van der Waals surface area contributed by atoms with Gasteiger partial charge in [0.2, 0.25) is 17.7 Å². The number of fused-ring (bicyclic) bond motifs is 3. The van der Waals surface area contributed by atoms with Gasteiger partial charge in [-0.05, 0) is 47.0 Å². The van der Waals surface area contributed by atoms with Gasteiger partial charge in [-0.15, -0.1) is 0 Å².